The first-order chi connectivity index (χ1) is 9.24. The summed E-state index contributed by atoms with van der Waals surface area (Å²) in [6.07, 6.45) is 12.6. The Balaban J connectivity index is 1.81. The van der Waals surface area contributed by atoms with Gasteiger partial charge in [-0.3, -0.25) is 5.50 Å². The van der Waals surface area contributed by atoms with Crippen LogP contribution in [0.25, 0.3) is 0 Å². The highest BCUT2D eigenvalue weighted by molar-refractivity contribution is 7.41. The minimum Gasteiger partial charge on any atom is -0.349 e. The third-order valence-corrected chi connectivity index (χ3v) is 4.90. The van der Waals surface area contributed by atoms with Gasteiger partial charge in [0.15, 0.2) is 6.29 Å². The molecule has 4 nitrogen and oxygen atoms in total. The maximum atomic E-state index is 11.3. The largest absolute Gasteiger partial charge is 0.349 e. The summed E-state index contributed by atoms with van der Waals surface area (Å²) in [5, 5.41) is 0. The molecule has 0 saturated heterocycles. The highest BCUT2D eigenvalue weighted by Crippen LogP contribution is 2.27. The lowest BCUT2D eigenvalue weighted by Crippen LogP contribution is -2.33. The highest BCUT2D eigenvalue weighted by atomic mass is 31.1. The predicted molar refractivity (Wildman–Crippen MR) is 77.8 cm³/mol. The Morgan fingerprint density at radius 3 is 1.68 bits per heavy atom. The van der Waals surface area contributed by atoms with Gasteiger partial charge >= 0.3 is 0 Å². The standard InChI is InChI=1S/C14H28NO3P/c15-19(16)11-14(17-12-7-3-1-4-8-12)18-13-9-5-2-6-10-13/h12-14,19H,1-11H2,(H2,15,16). The van der Waals surface area contributed by atoms with Crippen LogP contribution in [0.15, 0.2) is 0 Å². The number of hydrogen-bond donors (Lipinski definition) is 1. The molecule has 0 spiro atoms. The van der Waals surface area contributed by atoms with E-state index in [0.29, 0.717) is 6.16 Å². The number of nitrogens with two attached hydrogens (primary N) is 1. The minimum absolute atomic E-state index is 0.281. The van der Waals surface area contributed by atoms with Crippen LogP contribution in [0.5, 0.6) is 0 Å². The minimum atomic E-state index is -2.03. The van der Waals surface area contributed by atoms with Crippen LogP contribution < -0.4 is 5.50 Å². The fourth-order valence-electron chi connectivity index (χ4n) is 3.12. The molecule has 0 aromatic rings. The van der Waals surface area contributed by atoms with Gasteiger partial charge in [-0.05, 0) is 25.7 Å². The molecule has 0 amide bonds. The lowest BCUT2D eigenvalue weighted by atomic mass is 9.97. The Kier molecular flexibility index (Phi) is 6.86. The zero-order valence-electron chi connectivity index (χ0n) is 11.8. The molecule has 112 valence electrons. The summed E-state index contributed by atoms with van der Waals surface area (Å²) < 4.78 is 23.4. The Morgan fingerprint density at radius 1 is 0.895 bits per heavy atom. The maximum absolute atomic E-state index is 11.3. The van der Waals surface area contributed by atoms with Crippen molar-refractivity contribution < 1.29 is 14.0 Å². The smallest absolute Gasteiger partial charge is 0.166 e. The molecule has 1 unspecified atom stereocenters. The molecular formula is C14H28NO3P. The molecule has 0 heterocycles. The van der Waals surface area contributed by atoms with Gasteiger partial charge in [-0.2, -0.15) is 0 Å². The predicted octanol–water partition coefficient (Wildman–Crippen LogP) is 3.44. The average Bonchev–Trinajstić information content (AvgIpc) is 2.40. The molecular weight excluding hydrogens is 261 g/mol. The van der Waals surface area contributed by atoms with E-state index in [9.17, 15) is 4.57 Å². The lowest BCUT2D eigenvalue weighted by molar-refractivity contribution is -0.192. The van der Waals surface area contributed by atoms with Crippen molar-refractivity contribution in [2.45, 2.75) is 82.7 Å². The van der Waals surface area contributed by atoms with Crippen LogP contribution in [-0.2, 0) is 14.0 Å². The van der Waals surface area contributed by atoms with E-state index in [0.717, 1.165) is 25.7 Å². The van der Waals surface area contributed by atoms with E-state index in [4.69, 9.17) is 15.0 Å². The summed E-state index contributed by atoms with van der Waals surface area (Å²) in [4.78, 5) is 0. The van der Waals surface area contributed by atoms with Crippen molar-refractivity contribution in [3.63, 3.8) is 0 Å². The highest BCUT2D eigenvalue weighted by Gasteiger charge is 2.24. The Labute approximate surface area is 117 Å². The molecule has 2 saturated carbocycles. The quantitative estimate of drug-likeness (QED) is 0.601. The van der Waals surface area contributed by atoms with Crippen molar-refractivity contribution >= 4 is 7.95 Å². The molecule has 0 radical (unpaired) electrons. The SMILES string of the molecule is N[PH](=O)CC(OC1CCCCC1)OC1CCCCC1. The van der Waals surface area contributed by atoms with Crippen molar-refractivity contribution in [2.24, 2.45) is 5.50 Å². The Bertz CT molecular complexity index is 256. The first-order valence-electron chi connectivity index (χ1n) is 7.83. The summed E-state index contributed by atoms with van der Waals surface area (Å²) >= 11 is 0. The molecule has 2 N–H and O–H groups in total. The summed E-state index contributed by atoms with van der Waals surface area (Å²) in [6, 6.07) is 0. The monoisotopic (exact) mass is 289 g/mol. The van der Waals surface area contributed by atoms with Crippen LogP contribution in [0.3, 0.4) is 0 Å². The van der Waals surface area contributed by atoms with Gasteiger partial charge in [0.2, 0.25) is 0 Å². The second kappa shape index (κ2) is 8.41. The molecule has 2 aliphatic carbocycles. The fraction of sp³-hybridized carbons (Fsp3) is 1.00. The van der Waals surface area contributed by atoms with E-state index in [2.05, 4.69) is 0 Å². The Hall–Kier alpha value is 0.110. The lowest BCUT2D eigenvalue weighted by Gasteiger charge is -2.31. The number of ether oxygens (including phenoxy) is 2. The van der Waals surface area contributed by atoms with Gasteiger partial charge < -0.3 is 14.0 Å². The normalized spacial score (nSPS) is 24.7. The molecule has 0 aromatic carbocycles. The van der Waals surface area contributed by atoms with Crippen molar-refractivity contribution in [1.82, 2.24) is 0 Å². The van der Waals surface area contributed by atoms with Gasteiger partial charge in [-0.15, -0.1) is 0 Å². The molecule has 19 heavy (non-hydrogen) atoms. The van der Waals surface area contributed by atoms with Gasteiger partial charge in [-0.1, -0.05) is 38.5 Å². The zero-order chi connectivity index (χ0) is 13.5. The summed E-state index contributed by atoms with van der Waals surface area (Å²) in [5.41, 5.74) is 5.49. The van der Waals surface area contributed by atoms with Gasteiger partial charge in [0.1, 0.15) is 7.95 Å². The zero-order valence-corrected chi connectivity index (χ0v) is 12.8. The second-order valence-electron chi connectivity index (χ2n) is 5.89. The molecule has 0 aromatic heterocycles. The van der Waals surface area contributed by atoms with Crippen molar-refractivity contribution in [2.75, 3.05) is 6.16 Å². The topological polar surface area (TPSA) is 61.6 Å². The number of rotatable bonds is 6. The molecule has 2 aliphatic rings. The summed E-state index contributed by atoms with van der Waals surface area (Å²) in [7, 11) is -2.03. The van der Waals surface area contributed by atoms with E-state index in [1.807, 2.05) is 0 Å². The van der Waals surface area contributed by atoms with Crippen molar-refractivity contribution in [1.29, 1.82) is 0 Å². The number of hydrogen-bond acceptors (Lipinski definition) is 3. The van der Waals surface area contributed by atoms with Crippen LogP contribution in [0.1, 0.15) is 64.2 Å². The van der Waals surface area contributed by atoms with E-state index in [-0.39, 0.29) is 18.5 Å². The van der Waals surface area contributed by atoms with Gasteiger partial charge in [0.05, 0.1) is 18.4 Å². The van der Waals surface area contributed by atoms with E-state index in [1.54, 1.807) is 0 Å². The van der Waals surface area contributed by atoms with Crippen molar-refractivity contribution in [3.05, 3.63) is 0 Å². The second-order valence-corrected chi connectivity index (χ2v) is 7.23. The van der Waals surface area contributed by atoms with Crippen molar-refractivity contribution in [3.8, 4) is 0 Å². The Morgan fingerprint density at radius 2 is 1.32 bits per heavy atom. The van der Waals surface area contributed by atoms with E-state index >= 15 is 0 Å². The van der Waals surface area contributed by atoms with Crippen LogP contribution in [-0.4, -0.2) is 24.7 Å². The molecule has 1 atom stereocenters. The first kappa shape index (κ1) is 15.5. The molecule has 2 rings (SSSR count). The van der Waals surface area contributed by atoms with Crippen LogP contribution >= 0.6 is 7.95 Å². The maximum Gasteiger partial charge on any atom is 0.166 e. The third-order valence-electron chi connectivity index (χ3n) is 4.16. The average molecular weight is 289 g/mol. The van der Waals surface area contributed by atoms with Gasteiger partial charge in [0.25, 0.3) is 0 Å². The van der Waals surface area contributed by atoms with Gasteiger partial charge in [-0.25, -0.2) is 0 Å². The van der Waals surface area contributed by atoms with Crippen LogP contribution in [0.4, 0.5) is 0 Å². The van der Waals surface area contributed by atoms with E-state index in [1.165, 1.54) is 38.5 Å². The summed E-state index contributed by atoms with van der Waals surface area (Å²) in [5.74, 6) is 0. The fourth-order valence-corrected chi connectivity index (χ4v) is 3.65. The molecule has 0 aliphatic heterocycles. The molecule has 0 bridgehead atoms. The van der Waals surface area contributed by atoms with Crippen LogP contribution in [0, 0.1) is 0 Å². The van der Waals surface area contributed by atoms with E-state index < -0.39 is 7.95 Å². The van der Waals surface area contributed by atoms with Crippen LogP contribution in [0.2, 0.25) is 0 Å². The summed E-state index contributed by atoms with van der Waals surface area (Å²) in [6.45, 7) is 0. The van der Waals surface area contributed by atoms with Gasteiger partial charge in [0, 0.05) is 0 Å². The first-order valence-corrected chi connectivity index (χ1v) is 9.52. The molecule has 2 fully saturated rings. The molecule has 5 heteroatoms. The third kappa shape index (κ3) is 5.95.